The number of halogens is 1. The van der Waals surface area contributed by atoms with Gasteiger partial charge in [-0.15, -0.1) is 0 Å². The molecule has 34 heavy (non-hydrogen) atoms. The quantitative estimate of drug-likeness (QED) is 0.201. The van der Waals surface area contributed by atoms with Gasteiger partial charge in [-0.3, -0.25) is 29.8 Å². The molecular formula is C21H14BrN5O7. The number of nitrogens with zero attached hydrogens (tertiary/aromatic N) is 3. The van der Waals surface area contributed by atoms with Crippen molar-refractivity contribution in [1.29, 1.82) is 0 Å². The Morgan fingerprint density at radius 3 is 2.35 bits per heavy atom. The van der Waals surface area contributed by atoms with Crippen molar-refractivity contribution in [2.75, 3.05) is 5.32 Å². The van der Waals surface area contributed by atoms with E-state index in [1.807, 2.05) is 0 Å². The van der Waals surface area contributed by atoms with Gasteiger partial charge in [0.05, 0.1) is 22.1 Å². The van der Waals surface area contributed by atoms with Crippen LogP contribution in [0.3, 0.4) is 0 Å². The Bertz CT molecular complexity index is 1290. The Morgan fingerprint density at radius 2 is 1.68 bits per heavy atom. The topological polar surface area (TPSA) is 166 Å². The molecule has 0 unspecified atom stereocenters. The van der Waals surface area contributed by atoms with Crippen molar-refractivity contribution >= 4 is 51.0 Å². The standard InChI is InChI=1S/C21H14BrN5O7/c22-14-4-6-15(7-5-14)24-20(28)21(29)25-23-12-13-2-1-3-17(10-13)34-19-9-8-16(26(30)31)11-18(19)27(32)33/h1-12H,(H,24,28)(H,25,29). The number of hydrogen-bond donors (Lipinski definition) is 2. The maximum absolute atomic E-state index is 11.9. The Morgan fingerprint density at radius 1 is 0.941 bits per heavy atom. The predicted octanol–water partition coefficient (Wildman–Crippen LogP) is 4.15. The summed E-state index contributed by atoms with van der Waals surface area (Å²) < 4.78 is 6.32. The summed E-state index contributed by atoms with van der Waals surface area (Å²) in [7, 11) is 0. The lowest BCUT2D eigenvalue weighted by Crippen LogP contribution is -2.32. The number of carbonyl (C=O) groups excluding carboxylic acids is 2. The minimum atomic E-state index is -0.993. The second-order valence-electron chi connectivity index (χ2n) is 6.50. The summed E-state index contributed by atoms with van der Waals surface area (Å²) in [5.74, 6) is -1.92. The average Bonchev–Trinajstić information content (AvgIpc) is 2.80. The maximum atomic E-state index is 11.9. The third kappa shape index (κ3) is 6.43. The van der Waals surface area contributed by atoms with Crippen molar-refractivity contribution in [3.8, 4) is 11.5 Å². The van der Waals surface area contributed by atoms with Crippen LogP contribution in [0.15, 0.2) is 76.3 Å². The first kappa shape index (κ1) is 24.0. The van der Waals surface area contributed by atoms with Gasteiger partial charge in [-0.1, -0.05) is 28.1 Å². The zero-order valence-electron chi connectivity index (χ0n) is 17.0. The zero-order chi connectivity index (χ0) is 24.7. The van der Waals surface area contributed by atoms with E-state index in [-0.39, 0.29) is 11.5 Å². The molecule has 3 rings (SSSR count). The summed E-state index contributed by atoms with van der Waals surface area (Å²) in [5, 5.41) is 28.2. The van der Waals surface area contributed by atoms with Crippen LogP contribution in [-0.4, -0.2) is 27.9 Å². The first-order valence-corrected chi connectivity index (χ1v) is 10.1. The van der Waals surface area contributed by atoms with E-state index in [1.54, 1.807) is 36.4 Å². The monoisotopic (exact) mass is 527 g/mol. The van der Waals surface area contributed by atoms with E-state index in [2.05, 4.69) is 31.8 Å². The molecule has 0 bridgehead atoms. The molecule has 0 aliphatic heterocycles. The van der Waals surface area contributed by atoms with Crippen molar-refractivity contribution in [2.45, 2.75) is 0 Å². The number of non-ortho nitro benzene ring substituents is 1. The molecule has 12 nitrogen and oxygen atoms in total. The normalized spacial score (nSPS) is 10.5. The minimum absolute atomic E-state index is 0.181. The number of carbonyl (C=O) groups is 2. The highest BCUT2D eigenvalue weighted by Crippen LogP contribution is 2.34. The van der Waals surface area contributed by atoms with Crippen LogP contribution in [0.5, 0.6) is 11.5 Å². The molecule has 0 aliphatic carbocycles. The van der Waals surface area contributed by atoms with Crippen LogP contribution >= 0.6 is 15.9 Å². The van der Waals surface area contributed by atoms with Crippen LogP contribution in [0.2, 0.25) is 0 Å². The number of nitro groups is 2. The molecule has 2 N–H and O–H groups in total. The van der Waals surface area contributed by atoms with Gasteiger partial charge >= 0.3 is 17.5 Å². The molecule has 0 heterocycles. The van der Waals surface area contributed by atoms with Gasteiger partial charge in [0, 0.05) is 16.2 Å². The molecule has 2 amide bonds. The molecule has 0 saturated carbocycles. The molecule has 0 radical (unpaired) electrons. The molecule has 3 aromatic carbocycles. The summed E-state index contributed by atoms with van der Waals surface area (Å²) in [6.07, 6.45) is 1.24. The van der Waals surface area contributed by atoms with Gasteiger partial charge in [-0.05, 0) is 48.0 Å². The molecule has 172 valence electrons. The van der Waals surface area contributed by atoms with Crippen LogP contribution in [-0.2, 0) is 9.59 Å². The fourth-order valence-corrected chi connectivity index (χ4v) is 2.84. The molecule has 0 saturated heterocycles. The van der Waals surface area contributed by atoms with Crippen molar-refractivity contribution < 1.29 is 24.2 Å². The number of hydrazone groups is 1. The van der Waals surface area contributed by atoms with Crippen molar-refractivity contribution in [3.63, 3.8) is 0 Å². The SMILES string of the molecule is O=C(NN=Cc1cccc(Oc2ccc([N+](=O)[O-])cc2[N+](=O)[O-])c1)C(=O)Nc1ccc(Br)cc1. The van der Waals surface area contributed by atoms with Crippen LogP contribution < -0.4 is 15.5 Å². The fourth-order valence-electron chi connectivity index (χ4n) is 2.57. The van der Waals surface area contributed by atoms with Gasteiger partial charge < -0.3 is 10.1 Å². The fraction of sp³-hybridized carbons (Fsp3) is 0. The molecule has 13 heteroatoms. The maximum Gasteiger partial charge on any atom is 0.329 e. The van der Waals surface area contributed by atoms with Crippen LogP contribution in [0.4, 0.5) is 17.1 Å². The number of nitrogens with one attached hydrogen (secondary N) is 2. The van der Waals surface area contributed by atoms with E-state index < -0.39 is 33.0 Å². The number of nitro benzene ring substituents is 2. The van der Waals surface area contributed by atoms with Crippen LogP contribution in [0.25, 0.3) is 0 Å². The number of benzene rings is 3. The summed E-state index contributed by atoms with van der Waals surface area (Å²) in [6, 6.07) is 15.8. The summed E-state index contributed by atoms with van der Waals surface area (Å²) >= 11 is 3.26. The van der Waals surface area contributed by atoms with E-state index in [9.17, 15) is 29.8 Å². The number of anilines is 1. The van der Waals surface area contributed by atoms with Gasteiger partial charge in [0.2, 0.25) is 5.75 Å². The van der Waals surface area contributed by atoms with Crippen LogP contribution in [0, 0.1) is 20.2 Å². The van der Waals surface area contributed by atoms with E-state index in [0.29, 0.717) is 11.3 Å². The lowest BCUT2D eigenvalue weighted by Gasteiger charge is -2.07. The molecule has 0 fully saturated rings. The van der Waals surface area contributed by atoms with Crippen molar-refractivity contribution in [3.05, 3.63) is 97.0 Å². The average molecular weight is 528 g/mol. The largest absolute Gasteiger partial charge is 0.450 e. The van der Waals surface area contributed by atoms with Gasteiger partial charge in [0.25, 0.3) is 5.69 Å². The van der Waals surface area contributed by atoms with E-state index in [0.717, 1.165) is 22.7 Å². The lowest BCUT2D eigenvalue weighted by molar-refractivity contribution is -0.394. The highest BCUT2D eigenvalue weighted by molar-refractivity contribution is 9.10. The van der Waals surface area contributed by atoms with Gasteiger partial charge in [-0.25, -0.2) is 5.43 Å². The van der Waals surface area contributed by atoms with Gasteiger partial charge in [0.1, 0.15) is 5.75 Å². The number of ether oxygens (including phenoxy) is 1. The Labute approximate surface area is 199 Å². The predicted molar refractivity (Wildman–Crippen MR) is 125 cm³/mol. The third-order valence-electron chi connectivity index (χ3n) is 4.12. The molecule has 3 aromatic rings. The highest BCUT2D eigenvalue weighted by atomic mass is 79.9. The van der Waals surface area contributed by atoms with Crippen molar-refractivity contribution in [2.24, 2.45) is 5.10 Å². The zero-order valence-corrected chi connectivity index (χ0v) is 18.6. The molecule has 0 aliphatic rings. The minimum Gasteiger partial charge on any atom is -0.450 e. The van der Waals surface area contributed by atoms with E-state index >= 15 is 0 Å². The summed E-state index contributed by atoms with van der Waals surface area (Å²) in [5.41, 5.74) is 1.94. The second kappa shape index (κ2) is 10.8. The van der Waals surface area contributed by atoms with Gasteiger partial charge in [-0.2, -0.15) is 5.10 Å². The van der Waals surface area contributed by atoms with E-state index in [4.69, 9.17) is 4.74 Å². The van der Waals surface area contributed by atoms with Crippen LogP contribution in [0.1, 0.15) is 5.56 Å². The highest BCUT2D eigenvalue weighted by Gasteiger charge is 2.21. The van der Waals surface area contributed by atoms with Crippen molar-refractivity contribution in [1.82, 2.24) is 5.43 Å². The number of rotatable bonds is 7. The third-order valence-corrected chi connectivity index (χ3v) is 4.65. The first-order valence-electron chi connectivity index (χ1n) is 9.33. The summed E-state index contributed by atoms with van der Waals surface area (Å²) in [4.78, 5) is 44.4. The number of hydrogen-bond acceptors (Lipinski definition) is 8. The molecule has 0 aromatic heterocycles. The molecule has 0 spiro atoms. The number of amides is 2. The Balaban J connectivity index is 1.65. The van der Waals surface area contributed by atoms with Gasteiger partial charge in [0.15, 0.2) is 0 Å². The Hall–Kier alpha value is -4.65. The van der Waals surface area contributed by atoms with E-state index in [1.165, 1.54) is 18.3 Å². The first-order chi connectivity index (χ1) is 16.2. The second-order valence-corrected chi connectivity index (χ2v) is 7.42. The smallest absolute Gasteiger partial charge is 0.329 e. The molecular weight excluding hydrogens is 514 g/mol. The Kier molecular flexibility index (Phi) is 7.61. The molecule has 0 atom stereocenters. The lowest BCUT2D eigenvalue weighted by atomic mass is 10.2. The summed E-state index contributed by atoms with van der Waals surface area (Å²) in [6.45, 7) is 0.